The molecule has 0 saturated heterocycles. The summed E-state index contributed by atoms with van der Waals surface area (Å²) in [7, 11) is 0. The Morgan fingerprint density at radius 3 is 2.80 bits per heavy atom. The van der Waals surface area contributed by atoms with Crippen molar-refractivity contribution >= 4 is 11.4 Å². The van der Waals surface area contributed by atoms with Crippen LogP contribution in [0.25, 0.3) is 5.57 Å². The van der Waals surface area contributed by atoms with Crippen molar-refractivity contribution in [3.8, 4) is 0 Å². The minimum absolute atomic E-state index is 0.197. The Labute approximate surface area is 91.2 Å². The van der Waals surface area contributed by atoms with Crippen molar-refractivity contribution in [2.75, 3.05) is 5.73 Å². The minimum Gasteiger partial charge on any atom is -0.383 e. The third kappa shape index (κ3) is 3.36. The molecule has 15 heavy (non-hydrogen) atoms. The average Bonchev–Trinajstić information content (AvgIpc) is 2.18. The molecule has 0 aliphatic carbocycles. The maximum Gasteiger partial charge on any atom is 0.126 e. The molecule has 3 heteroatoms. The molecule has 1 heterocycles. The number of aromatic nitrogens is 1. The molecule has 0 aliphatic rings. The number of aryl methyl sites for hydroxylation is 1. The normalized spacial score (nSPS) is 14.0. The van der Waals surface area contributed by atoms with Gasteiger partial charge < -0.3 is 11.5 Å². The first-order valence-electron chi connectivity index (χ1n) is 5.15. The molecule has 82 valence electrons. The second-order valence-corrected chi connectivity index (χ2v) is 4.03. The molecule has 3 nitrogen and oxygen atoms in total. The molecule has 1 rings (SSSR count). The van der Waals surface area contributed by atoms with Gasteiger partial charge in [0.05, 0.1) is 0 Å². The first kappa shape index (κ1) is 11.7. The smallest absolute Gasteiger partial charge is 0.126 e. The van der Waals surface area contributed by atoms with Crippen LogP contribution in [0.1, 0.15) is 31.4 Å². The topological polar surface area (TPSA) is 64.9 Å². The summed E-state index contributed by atoms with van der Waals surface area (Å²) in [6.07, 6.45) is 4.82. The number of allylic oxidation sites excluding steroid dienone is 1. The first-order valence-corrected chi connectivity index (χ1v) is 5.15. The summed E-state index contributed by atoms with van der Waals surface area (Å²) in [5.74, 6) is 0.596. The van der Waals surface area contributed by atoms with Crippen LogP contribution in [0.4, 0.5) is 5.82 Å². The van der Waals surface area contributed by atoms with Gasteiger partial charge in [-0.3, -0.25) is 0 Å². The number of nitrogen functional groups attached to an aromatic ring is 1. The van der Waals surface area contributed by atoms with E-state index in [1.165, 1.54) is 5.57 Å². The van der Waals surface area contributed by atoms with Gasteiger partial charge >= 0.3 is 0 Å². The lowest BCUT2D eigenvalue weighted by molar-refractivity contribution is 0.757. The summed E-state index contributed by atoms with van der Waals surface area (Å²) >= 11 is 0. The molecular formula is C12H19N3. The fourth-order valence-corrected chi connectivity index (χ4v) is 1.28. The SMILES string of the molecule is CC(=CCC(C)N)c1cnc(N)c(C)c1. The second kappa shape index (κ2) is 4.94. The monoisotopic (exact) mass is 205 g/mol. The van der Waals surface area contributed by atoms with Gasteiger partial charge in [0.25, 0.3) is 0 Å². The van der Waals surface area contributed by atoms with Gasteiger partial charge in [0.1, 0.15) is 5.82 Å². The van der Waals surface area contributed by atoms with Gasteiger partial charge in [0, 0.05) is 12.2 Å². The van der Waals surface area contributed by atoms with E-state index in [1.54, 1.807) is 6.20 Å². The number of rotatable bonds is 3. The Bertz CT molecular complexity index is 367. The Hall–Kier alpha value is -1.35. The number of nitrogens with two attached hydrogens (primary N) is 2. The van der Waals surface area contributed by atoms with Crippen molar-refractivity contribution in [3.05, 3.63) is 29.5 Å². The summed E-state index contributed by atoms with van der Waals surface area (Å²) < 4.78 is 0. The van der Waals surface area contributed by atoms with E-state index in [4.69, 9.17) is 11.5 Å². The van der Waals surface area contributed by atoms with E-state index in [0.29, 0.717) is 5.82 Å². The van der Waals surface area contributed by atoms with E-state index < -0.39 is 0 Å². The molecule has 1 unspecified atom stereocenters. The van der Waals surface area contributed by atoms with Crippen LogP contribution in [0.2, 0.25) is 0 Å². The molecule has 0 bridgehead atoms. The summed E-state index contributed by atoms with van der Waals surface area (Å²) in [4.78, 5) is 4.13. The third-order valence-corrected chi connectivity index (χ3v) is 2.37. The van der Waals surface area contributed by atoms with Gasteiger partial charge in [-0.05, 0) is 50.0 Å². The molecule has 1 atom stereocenters. The molecule has 0 amide bonds. The van der Waals surface area contributed by atoms with E-state index in [1.807, 2.05) is 13.8 Å². The standard InChI is InChI=1S/C12H19N3/c1-8(4-5-10(3)13)11-6-9(2)12(14)15-7-11/h4,6-7,10H,5,13H2,1-3H3,(H2,14,15). The van der Waals surface area contributed by atoms with E-state index in [9.17, 15) is 0 Å². The zero-order chi connectivity index (χ0) is 11.4. The van der Waals surface area contributed by atoms with E-state index in [2.05, 4.69) is 24.1 Å². The van der Waals surface area contributed by atoms with Gasteiger partial charge in [0.2, 0.25) is 0 Å². The lowest BCUT2D eigenvalue weighted by Gasteiger charge is -2.06. The van der Waals surface area contributed by atoms with Crippen LogP contribution in [0, 0.1) is 6.92 Å². The Morgan fingerprint density at radius 1 is 1.60 bits per heavy atom. The van der Waals surface area contributed by atoms with Crippen LogP contribution in [-0.4, -0.2) is 11.0 Å². The lowest BCUT2D eigenvalue weighted by atomic mass is 10.1. The highest BCUT2D eigenvalue weighted by molar-refractivity contribution is 5.64. The number of nitrogens with zero attached hydrogens (tertiary/aromatic N) is 1. The van der Waals surface area contributed by atoms with Gasteiger partial charge in [-0.1, -0.05) is 6.08 Å². The minimum atomic E-state index is 0.197. The molecule has 0 saturated carbocycles. The summed E-state index contributed by atoms with van der Waals surface area (Å²) in [6, 6.07) is 2.25. The Balaban J connectivity index is 2.87. The van der Waals surface area contributed by atoms with Gasteiger partial charge in [-0.2, -0.15) is 0 Å². The highest BCUT2D eigenvalue weighted by atomic mass is 14.8. The Morgan fingerprint density at radius 2 is 2.27 bits per heavy atom. The average molecular weight is 205 g/mol. The molecule has 0 fully saturated rings. The van der Waals surface area contributed by atoms with Gasteiger partial charge in [-0.25, -0.2) is 4.98 Å². The van der Waals surface area contributed by atoms with Crippen LogP contribution >= 0.6 is 0 Å². The molecule has 4 N–H and O–H groups in total. The van der Waals surface area contributed by atoms with Crippen LogP contribution < -0.4 is 11.5 Å². The van der Waals surface area contributed by atoms with Gasteiger partial charge in [-0.15, -0.1) is 0 Å². The maximum atomic E-state index is 5.69. The summed E-state index contributed by atoms with van der Waals surface area (Å²) in [5.41, 5.74) is 14.7. The number of hydrogen-bond donors (Lipinski definition) is 2. The van der Waals surface area contributed by atoms with Crippen molar-refractivity contribution in [1.82, 2.24) is 4.98 Å². The molecule has 0 spiro atoms. The molecule has 1 aromatic rings. The highest BCUT2D eigenvalue weighted by Gasteiger charge is 2.00. The molecule has 0 aliphatic heterocycles. The highest BCUT2D eigenvalue weighted by Crippen LogP contribution is 2.17. The maximum absolute atomic E-state index is 5.69. The zero-order valence-corrected chi connectivity index (χ0v) is 9.62. The first-order chi connectivity index (χ1) is 7.00. The third-order valence-electron chi connectivity index (χ3n) is 2.37. The second-order valence-electron chi connectivity index (χ2n) is 4.03. The summed E-state index contributed by atoms with van der Waals surface area (Å²) in [5, 5.41) is 0. The van der Waals surface area contributed by atoms with Gasteiger partial charge in [0.15, 0.2) is 0 Å². The van der Waals surface area contributed by atoms with Crippen molar-refractivity contribution in [1.29, 1.82) is 0 Å². The number of anilines is 1. The van der Waals surface area contributed by atoms with Crippen molar-refractivity contribution in [2.45, 2.75) is 33.2 Å². The van der Waals surface area contributed by atoms with Crippen LogP contribution in [-0.2, 0) is 0 Å². The molecule has 1 aromatic heterocycles. The van der Waals surface area contributed by atoms with Crippen LogP contribution in [0.3, 0.4) is 0 Å². The lowest BCUT2D eigenvalue weighted by Crippen LogP contribution is -2.12. The summed E-state index contributed by atoms with van der Waals surface area (Å²) in [6.45, 7) is 6.02. The predicted molar refractivity (Wildman–Crippen MR) is 65.3 cm³/mol. The number of hydrogen-bond acceptors (Lipinski definition) is 3. The molecular weight excluding hydrogens is 186 g/mol. The van der Waals surface area contributed by atoms with E-state index in [0.717, 1.165) is 17.5 Å². The van der Waals surface area contributed by atoms with Crippen LogP contribution in [0.15, 0.2) is 18.3 Å². The zero-order valence-electron chi connectivity index (χ0n) is 9.62. The van der Waals surface area contributed by atoms with E-state index >= 15 is 0 Å². The number of pyridine rings is 1. The van der Waals surface area contributed by atoms with Crippen molar-refractivity contribution in [3.63, 3.8) is 0 Å². The quantitative estimate of drug-likeness (QED) is 0.794. The fourth-order valence-electron chi connectivity index (χ4n) is 1.28. The molecule has 0 radical (unpaired) electrons. The molecule has 0 aromatic carbocycles. The largest absolute Gasteiger partial charge is 0.383 e. The predicted octanol–water partition coefficient (Wildman–Crippen LogP) is 2.11. The Kier molecular flexibility index (Phi) is 3.86. The van der Waals surface area contributed by atoms with Crippen molar-refractivity contribution in [2.24, 2.45) is 5.73 Å². The van der Waals surface area contributed by atoms with E-state index in [-0.39, 0.29) is 6.04 Å². The van der Waals surface area contributed by atoms with Crippen molar-refractivity contribution < 1.29 is 0 Å². The fraction of sp³-hybridized carbons (Fsp3) is 0.417. The van der Waals surface area contributed by atoms with Crippen LogP contribution in [0.5, 0.6) is 0 Å².